The first-order chi connectivity index (χ1) is 14.5. The summed E-state index contributed by atoms with van der Waals surface area (Å²) in [6.45, 7) is 1.92. The lowest BCUT2D eigenvalue weighted by Crippen LogP contribution is -2.37. The van der Waals surface area contributed by atoms with E-state index in [1.807, 2.05) is 4.90 Å². The number of alkyl halides is 3. The minimum absolute atomic E-state index is 0.0843. The number of rotatable bonds is 6. The van der Waals surface area contributed by atoms with Gasteiger partial charge in [-0.1, -0.05) is 29.8 Å². The summed E-state index contributed by atoms with van der Waals surface area (Å²) >= 11 is 6.33. The second-order valence-corrected chi connectivity index (χ2v) is 9.77. The van der Waals surface area contributed by atoms with Crippen molar-refractivity contribution in [2.24, 2.45) is 0 Å². The predicted octanol–water partition coefficient (Wildman–Crippen LogP) is 4.14. The minimum Gasteiger partial charge on any atom is -0.378 e. The number of nitrogens with zero attached hydrogens (tertiary/aromatic N) is 2. The fourth-order valence-corrected chi connectivity index (χ4v) is 4.49. The number of para-hydroxylation sites is 1. The smallest absolute Gasteiger partial charge is 0.378 e. The molecule has 0 aromatic heterocycles. The highest BCUT2D eigenvalue weighted by Gasteiger charge is 2.41. The summed E-state index contributed by atoms with van der Waals surface area (Å²) in [6.07, 6.45) is -4.63. The Balaban J connectivity index is 1.97. The van der Waals surface area contributed by atoms with Crippen LogP contribution in [-0.4, -0.2) is 59.3 Å². The number of morpholine rings is 1. The molecule has 0 saturated carbocycles. The topological polar surface area (TPSA) is 61.9 Å². The van der Waals surface area contributed by atoms with Gasteiger partial charge in [-0.3, -0.25) is 0 Å². The zero-order valence-corrected chi connectivity index (χ0v) is 18.6. The lowest BCUT2D eigenvalue weighted by molar-refractivity contribution is -0.144. The van der Waals surface area contributed by atoms with Crippen molar-refractivity contribution in [3.63, 3.8) is 0 Å². The van der Waals surface area contributed by atoms with E-state index in [1.165, 1.54) is 38.4 Å². The number of hydrogen-bond acceptors (Lipinski definition) is 5. The van der Waals surface area contributed by atoms with Crippen LogP contribution in [-0.2, 0) is 14.8 Å². The second kappa shape index (κ2) is 9.23. The average molecular weight is 478 g/mol. The highest BCUT2D eigenvalue weighted by molar-refractivity contribution is 7.89. The van der Waals surface area contributed by atoms with Gasteiger partial charge in [-0.05, 0) is 29.8 Å². The number of nitrogens with one attached hydrogen (secondary N) is 1. The van der Waals surface area contributed by atoms with Gasteiger partial charge in [-0.25, -0.2) is 12.7 Å². The fraction of sp³-hybridized carbons (Fsp3) is 0.400. The molecule has 1 fully saturated rings. The Labute approximate surface area is 184 Å². The summed E-state index contributed by atoms with van der Waals surface area (Å²) < 4.78 is 72.7. The van der Waals surface area contributed by atoms with Crippen LogP contribution < -0.4 is 10.2 Å². The van der Waals surface area contributed by atoms with E-state index in [4.69, 9.17) is 16.3 Å². The van der Waals surface area contributed by atoms with Crippen LogP contribution in [0.2, 0.25) is 5.02 Å². The summed E-state index contributed by atoms with van der Waals surface area (Å²) in [5.41, 5.74) is 0.605. The Morgan fingerprint density at radius 3 is 2.26 bits per heavy atom. The number of sulfonamides is 1. The Bertz CT molecular complexity index is 1010. The number of anilines is 2. The molecule has 1 N–H and O–H groups in total. The van der Waals surface area contributed by atoms with Gasteiger partial charge in [0, 0.05) is 27.2 Å². The minimum atomic E-state index is -4.63. The molecule has 0 unspecified atom stereocenters. The van der Waals surface area contributed by atoms with Crippen LogP contribution in [0.4, 0.5) is 24.5 Å². The largest absolute Gasteiger partial charge is 0.412 e. The maximum Gasteiger partial charge on any atom is 0.412 e. The zero-order valence-electron chi connectivity index (χ0n) is 17.0. The molecular weight excluding hydrogens is 455 g/mol. The molecule has 0 spiro atoms. The molecule has 0 aliphatic carbocycles. The number of halogens is 4. The number of ether oxygens (including phenoxy) is 1. The van der Waals surface area contributed by atoms with Gasteiger partial charge in [0.15, 0.2) is 0 Å². The molecule has 1 heterocycles. The average Bonchev–Trinajstić information content (AvgIpc) is 2.72. The van der Waals surface area contributed by atoms with E-state index < -0.39 is 22.2 Å². The summed E-state index contributed by atoms with van der Waals surface area (Å²) in [5, 5.41) is 2.90. The van der Waals surface area contributed by atoms with Crippen LogP contribution >= 0.6 is 11.6 Å². The van der Waals surface area contributed by atoms with E-state index in [1.54, 1.807) is 18.2 Å². The first-order valence-electron chi connectivity index (χ1n) is 9.49. The van der Waals surface area contributed by atoms with E-state index in [2.05, 4.69) is 5.32 Å². The Hall–Kier alpha value is -2.01. The van der Waals surface area contributed by atoms with Gasteiger partial charge in [0.25, 0.3) is 0 Å². The van der Waals surface area contributed by atoms with E-state index in [9.17, 15) is 21.6 Å². The van der Waals surface area contributed by atoms with Crippen molar-refractivity contribution in [3.8, 4) is 0 Å². The molecule has 1 atom stereocenters. The molecule has 0 bridgehead atoms. The van der Waals surface area contributed by atoms with Crippen molar-refractivity contribution in [1.29, 1.82) is 0 Å². The first kappa shape index (κ1) is 23.6. The van der Waals surface area contributed by atoms with Gasteiger partial charge in [-0.2, -0.15) is 13.2 Å². The van der Waals surface area contributed by atoms with E-state index >= 15 is 0 Å². The second-order valence-electron chi connectivity index (χ2n) is 7.21. The van der Waals surface area contributed by atoms with Crippen molar-refractivity contribution in [1.82, 2.24) is 4.31 Å². The quantitative estimate of drug-likeness (QED) is 0.677. The van der Waals surface area contributed by atoms with Crippen molar-refractivity contribution in [3.05, 3.63) is 53.1 Å². The lowest BCUT2D eigenvalue weighted by Gasteiger charge is -2.33. The number of hydrogen-bond donors (Lipinski definition) is 1. The van der Waals surface area contributed by atoms with Crippen LogP contribution in [0, 0.1) is 0 Å². The molecule has 2 aromatic carbocycles. The monoisotopic (exact) mass is 477 g/mol. The molecule has 0 radical (unpaired) electrons. The SMILES string of the molecule is CN(C)S(=O)(=O)c1ccc([C@H](Nc2cccc(Cl)c2N2CCOCC2)C(F)(F)F)cc1. The zero-order chi connectivity index (χ0) is 22.8. The summed E-state index contributed by atoms with van der Waals surface area (Å²) in [4.78, 5) is 1.80. The van der Waals surface area contributed by atoms with E-state index in [0.29, 0.717) is 37.0 Å². The highest BCUT2D eigenvalue weighted by atomic mass is 35.5. The van der Waals surface area contributed by atoms with Crippen LogP contribution in [0.3, 0.4) is 0 Å². The summed E-state index contributed by atoms with van der Waals surface area (Å²) in [5.74, 6) is 0. The molecule has 170 valence electrons. The van der Waals surface area contributed by atoms with Crippen LogP contribution in [0.1, 0.15) is 11.6 Å². The maximum absolute atomic E-state index is 14.0. The molecule has 3 rings (SSSR count). The molecule has 11 heteroatoms. The molecule has 6 nitrogen and oxygen atoms in total. The van der Waals surface area contributed by atoms with E-state index in [-0.39, 0.29) is 16.1 Å². The van der Waals surface area contributed by atoms with Crippen molar-refractivity contribution in [2.45, 2.75) is 17.1 Å². The normalized spacial score (nSPS) is 16.4. The third kappa shape index (κ3) is 5.25. The van der Waals surface area contributed by atoms with Gasteiger partial charge in [-0.15, -0.1) is 0 Å². The van der Waals surface area contributed by atoms with Gasteiger partial charge in [0.1, 0.15) is 6.04 Å². The van der Waals surface area contributed by atoms with Crippen molar-refractivity contribution >= 4 is 33.0 Å². The van der Waals surface area contributed by atoms with Gasteiger partial charge in [0.05, 0.1) is 34.5 Å². The lowest BCUT2D eigenvalue weighted by atomic mass is 10.1. The summed E-state index contributed by atoms with van der Waals surface area (Å²) in [6, 6.07) is 7.37. The summed E-state index contributed by atoms with van der Waals surface area (Å²) in [7, 11) is -1.03. The first-order valence-corrected chi connectivity index (χ1v) is 11.3. The Morgan fingerprint density at radius 2 is 1.71 bits per heavy atom. The Kier molecular flexibility index (Phi) is 7.04. The highest BCUT2D eigenvalue weighted by Crippen LogP contribution is 2.41. The molecule has 1 aliphatic rings. The standard InChI is InChI=1S/C20H23ClF3N3O3S/c1-26(2)31(28,29)15-8-6-14(7-9-15)19(20(22,23)24)25-17-5-3-4-16(21)18(17)27-10-12-30-13-11-27/h3-9,19,25H,10-13H2,1-2H3/t19-/m0/s1. The molecule has 2 aromatic rings. The molecule has 1 saturated heterocycles. The van der Waals surface area contributed by atoms with Gasteiger partial charge >= 0.3 is 6.18 Å². The van der Waals surface area contributed by atoms with Crippen LogP contribution in [0.25, 0.3) is 0 Å². The molecule has 1 aliphatic heterocycles. The molecule has 0 amide bonds. The van der Waals surface area contributed by atoms with Crippen LogP contribution in [0.15, 0.2) is 47.4 Å². The Morgan fingerprint density at radius 1 is 1.10 bits per heavy atom. The molecular formula is C20H23ClF3N3O3S. The van der Waals surface area contributed by atoms with Gasteiger partial charge < -0.3 is 15.0 Å². The van der Waals surface area contributed by atoms with E-state index in [0.717, 1.165) is 4.31 Å². The fourth-order valence-electron chi connectivity index (χ4n) is 3.29. The van der Waals surface area contributed by atoms with Gasteiger partial charge in [0.2, 0.25) is 10.0 Å². The maximum atomic E-state index is 14.0. The van der Waals surface area contributed by atoms with Crippen molar-refractivity contribution < 1.29 is 26.3 Å². The van der Waals surface area contributed by atoms with Crippen molar-refractivity contribution in [2.75, 3.05) is 50.6 Å². The predicted molar refractivity (Wildman–Crippen MR) is 114 cm³/mol. The third-order valence-electron chi connectivity index (χ3n) is 4.93. The number of benzene rings is 2. The van der Waals surface area contributed by atoms with Crippen LogP contribution in [0.5, 0.6) is 0 Å². The molecule has 31 heavy (non-hydrogen) atoms. The third-order valence-corrected chi connectivity index (χ3v) is 7.07.